The van der Waals surface area contributed by atoms with Gasteiger partial charge in [-0.1, -0.05) is 68.4 Å². The summed E-state index contributed by atoms with van der Waals surface area (Å²) in [6.07, 6.45) is 6.80. The summed E-state index contributed by atoms with van der Waals surface area (Å²) in [5, 5.41) is 3.53. The van der Waals surface area contributed by atoms with E-state index in [9.17, 15) is 0 Å². The highest BCUT2D eigenvalue weighted by atomic mass is 16.3. The van der Waals surface area contributed by atoms with Gasteiger partial charge >= 0.3 is 0 Å². The highest BCUT2D eigenvalue weighted by molar-refractivity contribution is 6.05. The van der Waals surface area contributed by atoms with Crippen LogP contribution in [-0.2, 0) is 19.3 Å². The molecule has 3 heteroatoms. The van der Waals surface area contributed by atoms with E-state index in [2.05, 4.69) is 92.7 Å². The van der Waals surface area contributed by atoms with E-state index in [1.165, 1.54) is 33.0 Å². The van der Waals surface area contributed by atoms with Crippen molar-refractivity contribution in [2.45, 2.75) is 33.1 Å². The van der Waals surface area contributed by atoms with Gasteiger partial charge in [-0.25, -0.2) is 0 Å². The van der Waals surface area contributed by atoms with E-state index in [-0.39, 0.29) is 0 Å². The average molecular weight is 481 g/mol. The molecule has 0 unspecified atom stereocenters. The molecule has 7 rings (SSSR count). The Hall–Kier alpha value is -4.24. The molecule has 0 spiro atoms. The van der Waals surface area contributed by atoms with Gasteiger partial charge in [0.25, 0.3) is 0 Å². The van der Waals surface area contributed by atoms with Crippen LogP contribution in [0.2, 0.25) is 0 Å². The Morgan fingerprint density at radius 1 is 0.757 bits per heavy atom. The lowest BCUT2D eigenvalue weighted by atomic mass is 9.87. The molecule has 0 amide bonds. The highest BCUT2D eigenvalue weighted by Crippen LogP contribution is 2.44. The second-order valence-electron chi connectivity index (χ2n) is 10.4. The van der Waals surface area contributed by atoms with Crippen molar-refractivity contribution < 1.29 is 4.42 Å². The predicted molar refractivity (Wildman–Crippen MR) is 152 cm³/mol. The molecule has 3 heterocycles. The molecule has 3 nitrogen and oxygen atoms in total. The zero-order valence-electron chi connectivity index (χ0n) is 21.2. The lowest BCUT2D eigenvalue weighted by molar-refractivity contribution is 0.543. The molecule has 0 saturated carbocycles. The van der Waals surface area contributed by atoms with Gasteiger partial charge in [-0.05, 0) is 76.1 Å². The summed E-state index contributed by atoms with van der Waals surface area (Å²) in [7, 11) is 0. The molecule has 37 heavy (non-hydrogen) atoms. The second-order valence-corrected chi connectivity index (χ2v) is 10.4. The first-order chi connectivity index (χ1) is 18.2. The molecule has 0 N–H and O–H groups in total. The fourth-order valence-corrected chi connectivity index (χ4v) is 5.91. The van der Waals surface area contributed by atoms with Gasteiger partial charge in [-0.15, -0.1) is 0 Å². The maximum absolute atomic E-state index is 6.61. The van der Waals surface area contributed by atoms with E-state index in [1.807, 2.05) is 12.4 Å². The number of rotatable bonds is 4. The summed E-state index contributed by atoms with van der Waals surface area (Å²) >= 11 is 0. The summed E-state index contributed by atoms with van der Waals surface area (Å²) in [4.78, 5) is 9.73. The molecule has 0 fully saturated rings. The van der Waals surface area contributed by atoms with Crippen LogP contribution < -0.4 is 0 Å². The molecule has 0 saturated heterocycles. The number of hydrogen-bond acceptors (Lipinski definition) is 3. The van der Waals surface area contributed by atoms with E-state index in [0.717, 1.165) is 58.5 Å². The molecule has 180 valence electrons. The van der Waals surface area contributed by atoms with Gasteiger partial charge in [0.1, 0.15) is 11.5 Å². The Morgan fingerprint density at radius 2 is 1.54 bits per heavy atom. The fraction of sp³-hybridized carbons (Fsp3) is 0.176. The lowest BCUT2D eigenvalue weighted by Gasteiger charge is -2.19. The Morgan fingerprint density at radius 3 is 2.41 bits per heavy atom. The third kappa shape index (κ3) is 3.65. The summed E-state index contributed by atoms with van der Waals surface area (Å²) in [6, 6.07) is 27.9. The van der Waals surface area contributed by atoms with Gasteiger partial charge < -0.3 is 4.42 Å². The molecule has 3 aromatic heterocycles. The normalized spacial score (nSPS) is 12.7. The third-order valence-corrected chi connectivity index (χ3v) is 7.52. The molecule has 0 atom stereocenters. The molecular formula is C34H28N2O. The van der Waals surface area contributed by atoms with E-state index in [1.54, 1.807) is 0 Å². The smallest absolute Gasteiger partial charge is 0.161 e. The van der Waals surface area contributed by atoms with Gasteiger partial charge in [0, 0.05) is 35.3 Å². The minimum absolute atomic E-state index is 0.608. The predicted octanol–water partition coefficient (Wildman–Crippen LogP) is 8.67. The van der Waals surface area contributed by atoms with Gasteiger partial charge in [0.05, 0.1) is 5.69 Å². The largest absolute Gasteiger partial charge is 0.458 e. The molecule has 6 aromatic rings. The van der Waals surface area contributed by atoms with Crippen LogP contribution in [0, 0.1) is 5.92 Å². The van der Waals surface area contributed by atoms with E-state index in [4.69, 9.17) is 14.4 Å². The van der Waals surface area contributed by atoms with Gasteiger partial charge in [0.15, 0.2) is 5.58 Å². The number of nitrogens with zero attached hydrogens (tertiary/aromatic N) is 2. The maximum atomic E-state index is 6.61. The van der Waals surface area contributed by atoms with E-state index < -0.39 is 0 Å². The topological polar surface area (TPSA) is 38.9 Å². The third-order valence-electron chi connectivity index (χ3n) is 7.52. The molecule has 1 aliphatic rings. The van der Waals surface area contributed by atoms with Crippen LogP contribution in [0.5, 0.6) is 0 Å². The summed E-state index contributed by atoms with van der Waals surface area (Å²) < 4.78 is 6.61. The lowest BCUT2D eigenvalue weighted by Crippen LogP contribution is -2.09. The number of furan rings is 1. The van der Waals surface area contributed by atoms with Crippen molar-refractivity contribution in [3.8, 4) is 33.6 Å². The van der Waals surface area contributed by atoms with Crippen LogP contribution in [0.4, 0.5) is 0 Å². The summed E-state index contributed by atoms with van der Waals surface area (Å²) in [6.45, 7) is 4.55. The van der Waals surface area contributed by atoms with Crippen LogP contribution in [-0.4, -0.2) is 9.97 Å². The van der Waals surface area contributed by atoms with Crippen molar-refractivity contribution in [2.24, 2.45) is 5.92 Å². The fourth-order valence-electron chi connectivity index (χ4n) is 5.91. The number of pyridine rings is 2. The van der Waals surface area contributed by atoms with Crippen molar-refractivity contribution in [3.05, 3.63) is 108 Å². The standard InChI is InChI=1S/C34H28N2O/c1-21(2)18-24-14-16-36-33-27(24)12-13-30-31(33)28-15-17-35-32(34(28)37-30)25-19-23-10-6-7-11-26(23)29(20-25)22-8-4-3-5-9-22/h3-11,14-17,19-21H,12-13,18H2,1-2H3. The zero-order chi connectivity index (χ0) is 24.9. The molecule has 3 aromatic carbocycles. The maximum Gasteiger partial charge on any atom is 0.161 e. The van der Waals surface area contributed by atoms with Gasteiger partial charge in [-0.3, -0.25) is 9.97 Å². The molecule has 0 aliphatic heterocycles. The number of aromatic nitrogens is 2. The quantitative estimate of drug-likeness (QED) is 0.253. The highest BCUT2D eigenvalue weighted by Gasteiger charge is 2.27. The van der Waals surface area contributed by atoms with Crippen LogP contribution in [0.1, 0.15) is 30.7 Å². The SMILES string of the molecule is CC(C)Cc1ccnc2c1CCc1oc3c(-c4cc(-c5ccccc5)c5ccccc5c4)nccc3c1-2. The monoisotopic (exact) mass is 480 g/mol. The first-order valence-corrected chi connectivity index (χ1v) is 13.1. The minimum atomic E-state index is 0.608. The van der Waals surface area contributed by atoms with Crippen LogP contribution >= 0.6 is 0 Å². The molecule has 0 radical (unpaired) electrons. The van der Waals surface area contributed by atoms with Crippen molar-refractivity contribution in [3.63, 3.8) is 0 Å². The Labute approximate surface area is 216 Å². The zero-order valence-corrected chi connectivity index (χ0v) is 21.2. The van der Waals surface area contributed by atoms with Gasteiger partial charge in [-0.2, -0.15) is 0 Å². The number of hydrogen-bond donors (Lipinski definition) is 0. The minimum Gasteiger partial charge on any atom is -0.458 e. The average Bonchev–Trinajstić information content (AvgIpc) is 3.32. The molecular weight excluding hydrogens is 452 g/mol. The van der Waals surface area contributed by atoms with Crippen molar-refractivity contribution in [2.75, 3.05) is 0 Å². The van der Waals surface area contributed by atoms with Crippen molar-refractivity contribution >= 4 is 21.7 Å². The van der Waals surface area contributed by atoms with Crippen LogP contribution in [0.15, 0.2) is 95.7 Å². The first kappa shape index (κ1) is 22.0. The Balaban J connectivity index is 1.45. The van der Waals surface area contributed by atoms with Crippen LogP contribution in [0.3, 0.4) is 0 Å². The Kier molecular flexibility index (Phi) is 5.17. The van der Waals surface area contributed by atoms with Crippen LogP contribution in [0.25, 0.3) is 55.4 Å². The Bertz CT molecular complexity index is 1780. The summed E-state index contributed by atoms with van der Waals surface area (Å²) in [5.74, 6) is 1.63. The van der Waals surface area contributed by atoms with Gasteiger partial charge in [0.2, 0.25) is 0 Å². The van der Waals surface area contributed by atoms with E-state index in [0.29, 0.717) is 5.92 Å². The van der Waals surface area contributed by atoms with Crippen molar-refractivity contribution in [1.29, 1.82) is 0 Å². The molecule has 1 aliphatic carbocycles. The number of fused-ring (bicyclic) bond motifs is 6. The van der Waals surface area contributed by atoms with Crippen molar-refractivity contribution in [1.82, 2.24) is 9.97 Å². The molecule has 0 bridgehead atoms. The first-order valence-electron chi connectivity index (χ1n) is 13.1. The van der Waals surface area contributed by atoms with E-state index >= 15 is 0 Å². The number of aryl methyl sites for hydroxylation is 1. The summed E-state index contributed by atoms with van der Waals surface area (Å²) in [5.41, 5.74) is 10.2. The number of benzene rings is 3. The second kappa shape index (κ2) is 8.70.